The molecule has 10 nitrogen and oxygen atoms in total. The minimum Gasteiger partial charge on any atom is -0.468 e. The number of methoxy groups -OCH3 is 1. The van der Waals surface area contributed by atoms with E-state index in [-0.39, 0.29) is 28.9 Å². The summed E-state index contributed by atoms with van der Waals surface area (Å²) in [4.78, 5) is 36.8. The first-order valence-electron chi connectivity index (χ1n) is 9.30. The third-order valence-electron chi connectivity index (χ3n) is 4.65. The van der Waals surface area contributed by atoms with Gasteiger partial charge in [-0.3, -0.25) is 9.59 Å². The molecule has 0 aliphatic carbocycles. The van der Waals surface area contributed by atoms with Gasteiger partial charge in [0.25, 0.3) is 11.8 Å². The summed E-state index contributed by atoms with van der Waals surface area (Å²) < 4.78 is 6.90. The fraction of sp³-hybridized carbons (Fsp3) is 0.0952. The second kappa shape index (κ2) is 8.11. The highest BCUT2D eigenvalue weighted by molar-refractivity contribution is 6.04. The van der Waals surface area contributed by atoms with Gasteiger partial charge >= 0.3 is 6.01 Å². The lowest BCUT2D eigenvalue weighted by Crippen LogP contribution is -2.17. The van der Waals surface area contributed by atoms with E-state index in [9.17, 15) is 9.59 Å². The van der Waals surface area contributed by atoms with E-state index in [4.69, 9.17) is 16.2 Å². The van der Waals surface area contributed by atoms with Gasteiger partial charge in [-0.15, -0.1) is 0 Å². The minimum absolute atomic E-state index is 0.140. The standard InChI is InChI=1S/C21H19N7O3/c1-31-21-26-16-13(17(22)29)8-5-9-15(16)28(21)20-25-11-14(18(23)30)19(27-20)24-10-12-6-3-2-4-7-12/h2-9,11H,10H2,1H3,(H2,22,29)(H2,23,30)(H,24,25,27). The van der Waals surface area contributed by atoms with Crippen LogP contribution in [0.3, 0.4) is 0 Å². The molecule has 0 bridgehead atoms. The number of nitrogens with one attached hydrogen (secondary N) is 1. The van der Waals surface area contributed by atoms with Crippen molar-refractivity contribution in [3.8, 4) is 12.0 Å². The number of nitrogens with zero attached hydrogens (tertiary/aromatic N) is 4. The molecule has 2 heterocycles. The number of carbonyl (C=O) groups excluding carboxylic acids is 2. The summed E-state index contributed by atoms with van der Waals surface area (Å²) in [6, 6.07) is 14.8. The number of nitrogens with two attached hydrogens (primary N) is 2. The quantitative estimate of drug-likeness (QED) is 0.413. The molecule has 2 aromatic heterocycles. The van der Waals surface area contributed by atoms with Gasteiger partial charge in [-0.2, -0.15) is 9.97 Å². The number of primary amides is 2. The van der Waals surface area contributed by atoms with Crippen LogP contribution in [-0.4, -0.2) is 38.4 Å². The zero-order chi connectivity index (χ0) is 22.0. The Kier molecular flexibility index (Phi) is 5.19. The minimum atomic E-state index is -0.666. The molecule has 0 atom stereocenters. The van der Waals surface area contributed by atoms with Crippen LogP contribution in [0.2, 0.25) is 0 Å². The molecule has 156 valence electrons. The summed E-state index contributed by atoms with van der Waals surface area (Å²) in [5, 5.41) is 3.13. The second-order valence-electron chi connectivity index (χ2n) is 6.61. The third kappa shape index (κ3) is 3.73. The third-order valence-corrected chi connectivity index (χ3v) is 4.65. The van der Waals surface area contributed by atoms with Gasteiger partial charge in [0.1, 0.15) is 11.3 Å². The van der Waals surface area contributed by atoms with Gasteiger partial charge in [-0.1, -0.05) is 36.4 Å². The van der Waals surface area contributed by atoms with Crippen molar-refractivity contribution in [2.24, 2.45) is 11.5 Å². The van der Waals surface area contributed by atoms with Crippen LogP contribution in [0.1, 0.15) is 26.3 Å². The van der Waals surface area contributed by atoms with Crippen LogP contribution in [0.15, 0.2) is 54.7 Å². The van der Waals surface area contributed by atoms with E-state index in [2.05, 4.69) is 20.3 Å². The van der Waals surface area contributed by atoms with Gasteiger partial charge in [0.2, 0.25) is 5.95 Å². The van der Waals surface area contributed by atoms with E-state index < -0.39 is 11.8 Å². The number of aromatic nitrogens is 4. The predicted molar refractivity (Wildman–Crippen MR) is 114 cm³/mol. The monoisotopic (exact) mass is 417 g/mol. The molecule has 0 fully saturated rings. The van der Waals surface area contributed by atoms with Crippen LogP contribution >= 0.6 is 0 Å². The maximum Gasteiger partial charge on any atom is 0.304 e. The molecule has 0 aliphatic heterocycles. The number of benzene rings is 2. The lowest BCUT2D eigenvalue weighted by atomic mass is 10.2. The normalized spacial score (nSPS) is 10.7. The molecule has 31 heavy (non-hydrogen) atoms. The van der Waals surface area contributed by atoms with Gasteiger partial charge in [0.05, 0.1) is 23.8 Å². The average Bonchev–Trinajstić information content (AvgIpc) is 3.16. The number of fused-ring (bicyclic) bond motifs is 1. The number of ether oxygens (including phenoxy) is 1. The zero-order valence-electron chi connectivity index (χ0n) is 16.6. The molecule has 0 radical (unpaired) electrons. The zero-order valence-corrected chi connectivity index (χ0v) is 16.6. The van der Waals surface area contributed by atoms with Crippen LogP contribution in [0.25, 0.3) is 17.0 Å². The Balaban J connectivity index is 1.83. The highest BCUT2D eigenvalue weighted by Crippen LogP contribution is 2.27. The lowest BCUT2D eigenvalue weighted by Gasteiger charge is -2.12. The van der Waals surface area contributed by atoms with Crippen molar-refractivity contribution < 1.29 is 14.3 Å². The van der Waals surface area contributed by atoms with Gasteiger partial charge in [0.15, 0.2) is 0 Å². The van der Waals surface area contributed by atoms with Crippen molar-refractivity contribution in [3.63, 3.8) is 0 Å². The summed E-state index contributed by atoms with van der Waals surface area (Å²) in [5.74, 6) is -0.841. The van der Waals surface area contributed by atoms with Gasteiger partial charge in [0, 0.05) is 12.7 Å². The molecular weight excluding hydrogens is 398 g/mol. The summed E-state index contributed by atoms with van der Waals surface area (Å²) in [6.07, 6.45) is 1.33. The van der Waals surface area contributed by atoms with Gasteiger partial charge in [-0.05, 0) is 17.7 Å². The Labute approximate surface area is 176 Å². The number of rotatable bonds is 7. The van der Waals surface area contributed by atoms with E-state index in [1.165, 1.54) is 17.9 Å². The Morgan fingerprint density at radius 3 is 2.42 bits per heavy atom. The van der Waals surface area contributed by atoms with Crippen molar-refractivity contribution in [1.29, 1.82) is 0 Å². The van der Waals surface area contributed by atoms with Crippen LogP contribution < -0.4 is 21.5 Å². The number of hydrogen-bond acceptors (Lipinski definition) is 7. The summed E-state index contributed by atoms with van der Waals surface area (Å²) in [5.41, 5.74) is 13.2. The molecule has 0 aliphatic rings. The molecule has 0 unspecified atom stereocenters. The van der Waals surface area contributed by atoms with E-state index in [0.717, 1.165) is 5.56 Å². The Hall–Kier alpha value is -4.47. The summed E-state index contributed by atoms with van der Waals surface area (Å²) in [6.45, 7) is 0.422. The van der Waals surface area contributed by atoms with Gasteiger partial charge in [-0.25, -0.2) is 9.55 Å². The number of carbonyl (C=O) groups is 2. The van der Waals surface area contributed by atoms with Crippen molar-refractivity contribution in [3.05, 3.63) is 71.4 Å². The lowest BCUT2D eigenvalue weighted by molar-refractivity contribution is 0.0992. The Bertz CT molecular complexity index is 1290. The SMILES string of the molecule is COc1nc2c(C(N)=O)cccc2n1-c1ncc(C(N)=O)c(NCc2ccccc2)n1. The van der Waals surface area contributed by atoms with Crippen molar-refractivity contribution in [2.45, 2.75) is 6.54 Å². The summed E-state index contributed by atoms with van der Waals surface area (Å²) >= 11 is 0. The highest BCUT2D eigenvalue weighted by atomic mass is 16.5. The number of para-hydroxylation sites is 1. The van der Waals surface area contributed by atoms with Crippen LogP contribution in [-0.2, 0) is 6.54 Å². The number of imidazole rings is 1. The Morgan fingerprint density at radius 1 is 1.00 bits per heavy atom. The van der Waals surface area contributed by atoms with Gasteiger partial charge < -0.3 is 21.5 Å². The maximum absolute atomic E-state index is 11.9. The number of hydrogen-bond donors (Lipinski definition) is 3. The van der Waals surface area contributed by atoms with Crippen molar-refractivity contribution in [2.75, 3.05) is 12.4 Å². The predicted octanol–water partition coefficient (Wildman–Crippen LogP) is 1.63. The molecule has 10 heteroatoms. The number of amides is 2. The maximum atomic E-state index is 11.9. The topological polar surface area (TPSA) is 151 Å². The van der Waals surface area contributed by atoms with E-state index in [1.807, 2.05) is 30.3 Å². The summed E-state index contributed by atoms with van der Waals surface area (Å²) in [7, 11) is 1.44. The molecule has 2 amide bonds. The first-order chi connectivity index (χ1) is 15.0. The van der Waals surface area contributed by atoms with Crippen molar-refractivity contribution in [1.82, 2.24) is 19.5 Å². The van der Waals surface area contributed by atoms with E-state index in [0.29, 0.717) is 17.6 Å². The Morgan fingerprint density at radius 2 is 1.74 bits per heavy atom. The second-order valence-corrected chi connectivity index (χ2v) is 6.61. The average molecular weight is 417 g/mol. The largest absolute Gasteiger partial charge is 0.468 e. The molecule has 0 saturated heterocycles. The number of anilines is 1. The molecule has 4 aromatic rings. The first-order valence-corrected chi connectivity index (χ1v) is 9.30. The van der Waals surface area contributed by atoms with Crippen LogP contribution in [0.4, 0.5) is 5.82 Å². The fourth-order valence-corrected chi connectivity index (χ4v) is 3.18. The fourth-order valence-electron chi connectivity index (χ4n) is 3.18. The molecule has 0 spiro atoms. The van der Waals surface area contributed by atoms with Crippen LogP contribution in [0, 0.1) is 0 Å². The molecule has 2 aromatic carbocycles. The molecule has 4 rings (SSSR count). The molecular formula is C21H19N7O3. The first kappa shape index (κ1) is 19.8. The van der Waals surface area contributed by atoms with Crippen LogP contribution in [0.5, 0.6) is 6.01 Å². The van der Waals surface area contributed by atoms with E-state index in [1.54, 1.807) is 18.2 Å². The molecule has 5 N–H and O–H groups in total. The smallest absolute Gasteiger partial charge is 0.304 e. The molecule has 0 saturated carbocycles. The van der Waals surface area contributed by atoms with E-state index >= 15 is 0 Å². The van der Waals surface area contributed by atoms with Crippen molar-refractivity contribution >= 4 is 28.7 Å². The highest BCUT2D eigenvalue weighted by Gasteiger charge is 2.21.